The van der Waals surface area contributed by atoms with Crippen molar-refractivity contribution in [2.75, 3.05) is 0 Å². The summed E-state index contributed by atoms with van der Waals surface area (Å²) in [5.74, 6) is 0.926. The lowest BCUT2D eigenvalue weighted by molar-refractivity contribution is 1.10. The highest BCUT2D eigenvalue weighted by atomic mass is 15.1. The topological polar surface area (TPSA) is 30.7 Å². The van der Waals surface area contributed by atoms with E-state index < -0.39 is 0 Å². The third kappa shape index (κ3) is 4.90. The standard InChI is InChI=1S/C48H31N3/c1-3-14-33(15-4-1)48-50-44-31-37(25-27-45(44)51(48)38-17-5-2-6-18-38)46-39-19-9-10-20-40(39)47(36-23-22-32-13-7-8-16-34(32)29-36)42-30-35(24-26-41(42)46)43-21-11-12-28-49-43/h1-31H. The van der Waals surface area contributed by atoms with Crippen molar-refractivity contribution < 1.29 is 0 Å². The second-order valence-electron chi connectivity index (χ2n) is 13.0. The Kier molecular flexibility index (Phi) is 6.81. The first kappa shape index (κ1) is 29.1. The minimum Gasteiger partial charge on any atom is -0.292 e. The third-order valence-electron chi connectivity index (χ3n) is 10.0. The molecule has 0 saturated heterocycles. The highest BCUT2D eigenvalue weighted by Gasteiger charge is 2.20. The van der Waals surface area contributed by atoms with Gasteiger partial charge in [-0.1, -0.05) is 133 Å². The second-order valence-corrected chi connectivity index (χ2v) is 13.0. The van der Waals surface area contributed by atoms with Crippen LogP contribution in [0.25, 0.3) is 93.9 Å². The summed E-state index contributed by atoms with van der Waals surface area (Å²) in [5, 5.41) is 7.28. The molecule has 10 rings (SSSR count). The van der Waals surface area contributed by atoms with Crippen LogP contribution in [0.5, 0.6) is 0 Å². The van der Waals surface area contributed by atoms with Gasteiger partial charge in [0, 0.05) is 23.0 Å². The monoisotopic (exact) mass is 649 g/mol. The molecule has 0 atom stereocenters. The van der Waals surface area contributed by atoms with Crippen molar-refractivity contribution in [1.29, 1.82) is 0 Å². The van der Waals surface area contributed by atoms with Crippen LogP contribution in [0.2, 0.25) is 0 Å². The predicted molar refractivity (Wildman–Crippen MR) is 213 cm³/mol. The first-order valence-corrected chi connectivity index (χ1v) is 17.3. The fourth-order valence-corrected chi connectivity index (χ4v) is 7.69. The summed E-state index contributed by atoms with van der Waals surface area (Å²) in [4.78, 5) is 10.0. The maximum atomic E-state index is 5.31. The molecule has 0 saturated carbocycles. The van der Waals surface area contributed by atoms with Gasteiger partial charge in [0.25, 0.3) is 0 Å². The smallest absolute Gasteiger partial charge is 0.145 e. The third-order valence-corrected chi connectivity index (χ3v) is 10.0. The summed E-state index contributed by atoms with van der Waals surface area (Å²) in [6, 6.07) is 64.9. The Bertz CT molecular complexity index is 2890. The van der Waals surface area contributed by atoms with Gasteiger partial charge in [0.1, 0.15) is 5.82 Å². The average Bonchev–Trinajstić information content (AvgIpc) is 3.59. The van der Waals surface area contributed by atoms with Crippen molar-refractivity contribution >= 4 is 43.4 Å². The van der Waals surface area contributed by atoms with Gasteiger partial charge < -0.3 is 0 Å². The van der Waals surface area contributed by atoms with Crippen LogP contribution in [0.4, 0.5) is 0 Å². The van der Waals surface area contributed by atoms with Crippen molar-refractivity contribution in [3.05, 3.63) is 188 Å². The Labute approximate surface area is 295 Å². The molecular weight excluding hydrogens is 619 g/mol. The number of nitrogens with zero attached hydrogens (tertiary/aromatic N) is 3. The highest BCUT2D eigenvalue weighted by molar-refractivity contribution is 6.22. The molecule has 0 N–H and O–H groups in total. The number of rotatable bonds is 5. The molecule has 0 amide bonds. The van der Waals surface area contributed by atoms with Crippen molar-refractivity contribution in [2.45, 2.75) is 0 Å². The van der Waals surface area contributed by atoms with Crippen LogP contribution < -0.4 is 0 Å². The highest BCUT2D eigenvalue weighted by Crippen LogP contribution is 2.46. The van der Waals surface area contributed by atoms with E-state index in [1.165, 1.54) is 49.0 Å². The number of pyridine rings is 1. The fourth-order valence-electron chi connectivity index (χ4n) is 7.69. The Morgan fingerprint density at radius 3 is 1.80 bits per heavy atom. The zero-order valence-electron chi connectivity index (χ0n) is 27.7. The van der Waals surface area contributed by atoms with Crippen LogP contribution in [0, 0.1) is 0 Å². The second kappa shape index (κ2) is 11.9. The molecular formula is C48H31N3. The zero-order chi connectivity index (χ0) is 33.7. The van der Waals surface area contributed by atoms with Crippen LogP contribution in [-0.2, 0) is 0 Å². The zero-order valence-corrected chi connectivity index (χ0v) is 27.7. The predicted octanol–water partition coefficient (Wildman–Crippen LogP) is 12.5. The van der Waals surface area contributed by atoms with E-state index in [0.717, 1.165) is 44.9 Å². The number of benzene rings is 8. The number of para-hydroxylation sites is 1. The first-order chi connectivity index (χ1) is 25.3. The molecule has 0 unspecified atom stereocenters. The van der Waals surface area contributed by atoms with Gasteiger partial charge in [-0.25, -0.2) is 4.98 Å². The molecule has 0 spiro atoms. The number of fused-ring (bicyclic) bond motifs is 4. The van der Waals surface area contributed by atoms with E-state index in [2.05, 4.69) is 174 Å². The Morgan fingerprint density at radius 2 is 1.02 bits per heavy atom. The van der Waals surface area contributed by atoms with Crippen LogP contribution in [0.15, 0.2) is 188 Å². The molecule has 0 aliphatic rings. The van der Waals surface area contributed by atoms with Crippen molar-refractivity contribution in [1.82, 2.24) is 14.5 Å². The van der Waals surface area contributed by atoms with Gasteiger partial charge in [0.05, 0.1) is 16.7 Å². The molecule has 2 heterocycles. The van der Waals surface area contributed by atoms with E-state index in [-0.39, 0.29) is 0 Å². The normalized spacial score (nSPS) is 11.5. The van der Waals surface area contributed by atoms with Crippen LogP contribution >= 0.6 is 0 Å². The number of aromatic nitrogens is 3. The Hall–Kier alpha value is -6.84. The lowest BCUT2D eigenvalue weighted by atomic mass is 9.84. The van der Waals surface area contributed by atoms with E-state index in [1.54, 1.807) is 0 Å². The van der Waals surface area contributed by atoms with E-state index in [4.69, 9.17) is 9.97 Å². The summed E-state index contributed by atoms with van der Waals surface area (Å²) in [7, 11) is 0. The number of imidazole rings is 1. The van der Waals surface area contributed by atoms with Gasteiger partial charge >= 0.3 is 0 Å². The van der Waals surface area contributed by atoms with Gasteiger partial charge in [-0.15, -0.1) is 0 Å². The lowest BCUT2D eigenvalue weighted by Gasteiger charge is -2.19. The average molecular weight is 650 g/mol. The maximum Gasteiger partial charge on any atom is 0.145 e. The SMILES string of the molecule is c1ccc(-c2nc3cc(-c4c5ccccc5c(-c5ccc6ccccc6c5)c5cc(-c6ccccn6)ccc45)ccc3n2-c2ccccc2)cc1. The molecule has 2 aromatic heterocycles. The summed E-state index contributed by atoms with van der Waals surface area (Å²) in [5.41, 5.74) is 11.0. The molecule has 8 aromatic carbocycles. The minimum atomic E-state index is 0.926. The number of hydrogen-bond donors (Lipinski definition) is 0. The van der Waals surface area contributed by atoms with Crippen molar-refractivity contribution in [2.24, 2.45) is 0 Å². The molecule has 10 aromatic rings. The van der Waals surface area contributed by atoms with Crippen LogP contribution in [0.1, 0.15) is 0 Å². The Morgan fingerprint density at radius 1 is 0.392 bits per heavy atom. The molecule has 0 radical (unpaired) electrons. The number of hydrogen-bond acceptors (Lipinski definition) is 2. The van der Waals surface area contributed by atoms with Gasteiger partial charge in [0.2, 0.25) is 0 Å². The van der Waals surface area contributed by atoms with Gasteiger partial charge in [-0.3, -0.25) is 9.55 Å². The van der Waals surface area contributed by atoms with E-state index in [9.17, 15) is 0 Å². The molecule has 51 heavy (non-hydrogen) atoms. The van der Waals surface area contributed by atoms with Crippen LogP contribution in [0.3, 0.4) is 0 Å². The summed E-state index contributed by atoms with van der Waals surface area (Å²) < 4.78 is 2.27. The maximum absolute atomic E-state index is 5.31. The van der Waals surface area contributed by atoms with E-state index >= 15 is 0 Å². The summed E-state index contributed by atoms with van der Waals surface area (Å²) >= 11 is 0. The van der Waals surface area contributed by atoms with Gasteiger partial charge in [-0.2, -0.15) is 0 Å². The minimum absolute atomic E-state index is 0.926. The molecule has 0 aliphatic carbocycles. The van der Waals surface area contributed by atoms with E-state index in [0.29, 0.717) is 0 Å². The Balaban J connectivity index is 1.27. The molecule has 3 heteroatoms. The van der Waals surface area contributed by atoms with Crippen LogP contribution in [-0.4, -0.2) is 14.5 Å². The summed E-state index contributed by atoms with van der Waals surface area (Å²) in [6.07, 6.45) is 1.86. The van der Waals surface area contributed by atoms with E-state index in [1.807, 2.05) is 18.3 Å². The fraction of sp³-hybridized carbons (Fsp3) is 0. The molecule has 0 aliphatic heterocycles. The summed E-state index contributed by atoms with van der Waals surface area (Å²) in [6.45, 7) is 0. The first-order valence-electron chi connectivity index (χ1n) is 17.3. The largest absolute Gasteiger partial charge is 0.292 e. The van der Waals surface area contributed by atoms with Gasteiger partial charge in [-0.05, 0) is 103 Å². The van der Waals surface area contributed by atoms with Gasteiger partial charge in [0.15, 0.2) is 0 Å². The molecule has 0 fully saturated rings. The lowest BCUT2D eigenvalue weighted by Crippen LogP contribution is -1.97. The molecule has 3 nitrogen and oxygen atoms in total. The molecule has 0 bridgehead atoms. The molecule has 238 valence electrons. The van der Waals surface area contributed by atoms with Crippen molar-refractivity contribution in [3.63, 3.8) is 0 Å². The quantitative estimate of drug-likeness (QED) is 0.174. The van der Waals surface area contributed by atoms with Crippen molar-refractivity contribution in [3.8, 4) is 50.6 Å².